The first-order chi connectivity index (χ1) is 11.8. The van der Waals surface area contributed by atoms with Crippen LogP contribution in [0.2, 0.25) is 0 Å². The molecule has 2 N–H and O–H groups in total. The molecule has 0 fully saturated rings. The lowest BCUT2D eigenvalue weighted by molar-refractivity contribution is -0.514. The van der Waals surface area contributed by atoms with Gasteiger partial charge in [0.2, 0.25) is 0 Å². The zero-order chi connectivity index (χ0) is 18.2. The lowest BCUT2D eigenvalue weighted by Crippen LogP contribution is -2.44. The fraction of sp³-hybridized carbons (Fsp3) is 0.300. The number of hydrogen-bond acceptors (Lipinski definition) is 1. The summed E-state index contributed by atoms with van der Waals surface area (Å²) in [5, 5.41) is 3.05. The van der Waals surface area contributed by atoms with Gasteiger partial charge in [-0.15, -0.1) is 0 Å². The standard InChI is InChI=1S/C20H22FN3O/c1-13(20(2,3)4)22-19(25)18-23-17(14-8-10-15(21)11-9-14)16-7-5-6-12-24(16)18/h5-13H,1-4H3,(H,22,25)/p+1/t13-/m0/s1. The summed E-state index contributed by atoms with van der Waals surface area (Å²) >= 11 is 0. The van der Waals surface area contributed by atoms with Crippen LogP contribution in [0.25, 0.3) is 16.8 Å². The van der Waals surface area contributed by atoms with Crippen LogP contribution in [0, 0.1) is 11.2 Å². The number of aromatic nitrogens is 2. The van der Waals surface area contributed by atoms with Crippen LogP contribution in [-0.4, -0.2) is 16.9 Å². The number of fused-ring (bicyclic) bond motifs is 1. The Bertz CT molecular complexity index is 907. The third kappa shape index (κ3) is 3.40. The number of H-pyrrole nitrogens is 1. The Morgan fingerprint density at radius 3 is 2.48 bits per heavy atom. The molecule has 0 bridgehead atoms. The fourth-order valence-electron chi connectivity index (χ4n) is 2.57. The van der Waals surface area contributed by atoms with Crippen molar-refractivity contribution in [2.75, 3.05) is 0 Å². The van der Waals surface area contributed by atoms with Gasteiger partial charge in [-0.25, -0.2) is 9.37 Å². The number of rotatable bonds is 3. The van der Waals surface area contributed by atoms with E-state index in [4.69, 9.17) is 0 Å². The number of carbonyl (C=O) groups excluding carboxylic acids is 1. The number of hydrogen-bond donors (Lipinski definition) is 2. The average Bonchev–Trinajstić information content (AvgIpc) is 2.94. The minimum atomic E-state index is -0.288. The van der Waals surface area contributed by atoms with Crippen LogP contribution in [0.3, 0.4) is 0 Å². The Morgan fingerprint density at radius 2 is 1.84 bits per heavy atom. The molecule has 0 aliphatic heterocycles. The summed E-state index contributed by atoms with van der Waals surface area (Å²) in [7, 11) is 0. The topological polar surface area (TPSA) is 49.0 Å². The molecule has 25 heavy (non-hydrogen) atoms. The number of halogens is 1. The molecule has 2 heterocycles. The molecule has 0 saturated carbocycles. The van der Waals surface area contributed by atoms with E-state index in [1.54, 1.807) is 12.1 Å². The van der Waals surface area contributed by atoms with Gasteiger partial charge >= 0.3 is 11.7 Å². The lowest BCUT2D eigenvalue weighted by atomic mass is 9.88. The van der Waals surface area contributed by atoms with E-state index in [2.05, 4.69) is 31.1 Å². The Morgan fingerprint density at radius 1 is 1.16 bits per heavy atom. The highest BCUT2D eigenvalue weighted by atomic mass is 19.1. The molecule has 0 saturated heterocycles. The van der Waals surface area contributed by atoms with Crippen molar-refractivity contribution in [3.05, 3.63) is 60.3 Å². The molecule has 1 atom stereocenters. The maximum Gasteiger partial charge on any atom is 0.351 e. The van der Waals surface area contributed by atoms with Crippen molar-refractivity contribution in [1.29, 1.82) is 0 Å². The molecule has 4 nitrogen and oxygen atoms in total. The van der Waals surface area contributed by atoms with Crippen LogP contribution in [0.5, 0.6) is 0 Å². The minimum absolute atomic E-state index is 0.0110. The number of nitrogens with zero attached hydrogens (tertiary/aromatic N) is 1. The van der Waals surface area contributed by atoms with Crippen molar-refractivity contribution in [1.82, 2.24) is 10.3 Å². The Labute approximate surface area is 146 Å². The van der Waals surface area contributed by atoms with Crippen LogP contribution >= 0.6 is 0 Å². The maximum absolute atomic E-state index is 13.2. The molecule has 3 aromatic rings. The number of benzene rings is 1. The summed E-state index contributed by atoms with van der Waals surface area (Å²) in [5.41, 5.74) is 2.44. The lowest BCUT2D eigenvalue weighted by Gasteiger charge is -2.27. The normalized spacial score (nSPS) is 13.0. The maximum atomic E-state index is 13.2. The van der Waals surface area contributed by atoms with Crippen LogP contribution < -0.4 is 9.72 Å². The first kappa shape index (κ1) is 17.1. The van der Waals surface area contributed by atoms with E-state index in [0.717, 1.165) is 16.8 Å². The molecule has 130 valence electrons. The predicted octanol–water partition coefficient (Wildman–Crippen LogP) is 3.72. The van der Waals surface area contributed by atoms with Gasteiger partial charge in [0, 0.05) is 11.6 Å². The molecule has 5 heteroatoms. The third-order valence-electron chi connectivity index (χ3n) is 4.59. The monoisotopic (exact) mass is 340 g/mol. The van der Waals surface area contributed by atoms with Crippen molar-refractivity contribution in [2.24, 2.45) is 5.41 Å². The molecule has 1 amide bonds. The predicted molar refractivity (Wildman–Crippen MR) is 95.7 cm³/mol. The number of amides is 1. The Balaban J connectivity index is 2.05. The van der Waals surface area contributed by atoms with Crippen molar-refractivity contribution < 1.29 is 13.6 Å². The van der Waals surface area contributed by atoms with Crippen LogP contribution in [-0.2, 0) is 0 Å². The van der Waals surface area contributed by atoms with Gasteiger partial charge < -0.3 is 5.32 Å². The second-order valence-corrected chi connectivity index (χ2v) is 7.37. The van der Waals surface area contributed by atoms with Gasteiger partial charge in [-0.3, -0.25) is 4.79 Å². The Hall–Kier alpha value is -2.69. The number of carbonyl (C=O) groups is 1. The zero-order valence-electron chi connectivity index (χ0n) is 14.9. The average molecular weight is 340 g/mol. The van der Waals surface area contributed by atoms with Crippen LogP contribution in [0.1, 0.15) is 38.3 Å². The summed E-state index contributed by atoms with van der Waals surface area (Å²) in [5.74, 6) is -0.00718. The van der Waals surface area contributed by atoms with Gasteiger partial charge in [0.05, 0.1) is 6.20 Å². The first-order valence-corrected chi connectivity index (χ1v) is 8.36. The second kappa shape index (κ2) is 6.31. The van der Waals surface area contributed by atoms with Gasteiger partial charge in [-0.05, 0) is 48.7 Å². The Kier molecular flexibility index (Phi) is 4.33. The third-order valence-corrected chi connectivity index (χ3v) is 4.59. The van der Waals surface area contributed by atoms with Crippen LogP contribution in [0.4, 0.5) is 4.39 Å². The highest BCUT2D eigenvalue weighted by Crippen LogP contribution is 2.23. The SMILES string of the molecule is C[C@H](NC(=O)c1[nH]c(-c2ccc(F)cc2)c2cccc[n+]12)C(C)(C)C. The van der Waals surface area contributed by atoms with Crippen molar-refractivity contribution in [3.63, 3.8) is 0 Å². The minimum Gasteiger partial charge on any atom is -0.343 e. The fourth-order valence-corrected chi connectivity index (χ4v) is 2.57. The van der Waals surface area contributed by atoms with Gasteiger partial charge in [-0.1, -0.05) is 26.8 Å². The first-order valence-electron chi connectivity index (χ1n) is 8.36. The number of nitrogens with one attached hydrogen (secondary N) is 2. The highest BCUT2D eigenvalue weighted by Gasteiger charge is 2.29. The van der Waals surface area contributed by atoms with E-state index in [1.807, 2.05) is 35.7 Å². The molecular formula is C20H23FN3O+. The van der Waals surface area contributed by atoms with E-state index in [9.17, 15) is 9.18 Å². The van der Waals surface area contributed by atoms with E-state index in [-0.39, 0.29) is 23.2 Å². The summed E-state index contributed by atoms with van der Waals surface area (Å²) in [4.78, 5) is 16.0. The van der Waals surface area contributed by atoms with Gasteiger partial charge in [0.1, 0.15) is 5.82 Å². The second-order valence-electron chi connectivity index (χ2n) is 7.37. The largest absolute Gasteiger partial charge is 0.351 e. The van der Waals surface area contributed by atoms with Gasteiger partial charge in [-0.2, -0.15) is 4.40 Å². The highest BCUT2D eigenvalue weighted by molar-refractivity contribution is 5.91. The van der Waals surface area contributed by atoms with Crippen molar-refractivity contribution >= 4 is 11.4 Å². The van der Waals surface area contributed by atoms with Crippen LogP contribution in [0.15, 0.2) is 48.7 Å². The summed E-state index contributed by atoms with van der Waals surface area (Å²) < 4.78 is 15.0. The zero-order valence-corrected chi connectivity index (χ0v) is 14.9. The van der Waals surface area contributed by atoms with Gasteiger partial charge in [0.25, 0.3) is 0 Å². The number of imidazole rings is 1. The van der Waals surface area contributed by atoms with Gasteiger partial charge in [0.15, 0.2) is 11.2 Å². The number of pyridine rings is 1. The van der Waals surface area contributed by atoms with E-state index < -0.39 is 0 Å². The van der Waals surface area contributed by atoms with E-state index in [0.29, 0.717) is 5.82 Å². The van der Waals surface area contributed by atoms with Crippen molar-refractivity contribution in [2.45, 2.75) is 33.7 Å². The summed E-state index contributed by atoms with van der Waals surface area (Å²) in [6.45, 7) is 8.25. The molecule has 0 aliphatic rings. The molecule has 0 spiro atoms. The quantitative estimate of drug-likeness (QED) is 0.702. The summed E-state index contributed by atoms with van der Waals surface area (Å²) in [6.07, 6.45) is 1.84. The van der Waals surface area contributed by atoms with E-state index >= 15 is 0 Å². The molecule has 1 aromatic carbocycles. The van der Waals surface area contributed by atoms with E-state index in [1.165, 1.54) is 12.1 Å². The molecule has 0 radical (unpaired) electrons. The molecule has 0 aliphatic carbocycles. The number of aromatic amines is 1. The summed E-state index contributed by atoms with van der Waals surface area (Å²) in [6, 6.07) is 12.0. The molecular weight excluding hydrogens is 317 g/mol. The molecule has 2 aromatic heterocycles. The van der Waals surface area contributed by atoms with Crippen molar-refractivity contribution in [3.8, 4) is 11.3 Å². The molecule has 0 unspecified atom stereocenters. The molecule has 3 rings (SSSR count). The smallest absolute Gasteiger partial charge is 0.343 e.